The zero-order chi connectivity index (χ0) is 11.1. The number of nitrogen functional groups attached to an aromatic ring is 2. The van der Waals surface area contributed by atoms with Crippen LogP contribution in [0.3, 0.4) is 0 Å². The average molecular weight is 219 g/mol. The fraction of sp³-hybridized carbons (Fsp3) is 0.636. The predicted molar refractivity (Wildman–Crippen MR) is 63.7 cm³/mol. The van der Waals surface area contributed by atoms with Gasteiger partial charge < -0.3 is 16.8 Å². The topological polar surface area (TPSA) is 89.8 Å². The Balaban J connectivity index is 1.74. The van der Waals surface area contributed by atoms with Crippen LogP contribution in [0.4, 0.5) is 17.6 Å². The van der Waals surface area contributed by atoms with E-state index in [2.05, 4.69) is 15.3 Å². The smallest absolute Gasteiger partial charge is 0.223 e. The first-order valence-corrected chi connectivity index (χ1v) is 5.87. The van der Waals surface area contributed by atoms with Crippen LogP contribution < -0.4 is 16.8 Å². The van der Waals surface area contributed by atoms with Crippen LogP contribution in [0.15, 0.2) is 6.07 Å². The summed E-state index contributed by atoms with van der Waals surface area (Å²) in [6, 6.07) is 2.30. The molecule has 2 saturated carbocycles. The van der Waals surface area contributed by atoms with E-state index in [-0.39, 0.29) is 5.95 Å². The van der Waals surface area contributed by atoms with Crippen molar-refractivity contribution >= 4 is 17.6 Å². The third-order valence-corrected chi connectivity index (χ3v) is 3.83. The first-order chi connectivity index (χ1) is 7.70. The molecule has 3 atom stereocenters. The van der Waals surface area contributed by atoms with Crippen molar-refractivity contribution in [2.75, 3.05) is 16.8 Å². The van der Waals surface area contributed by atoms with E-state index in [1.165, 1.54) is 25.7 Å². The quantitative estimate of drug-likeness (QED) is 0.696. The van der Waals surface area contributed by atoms with E-state index in [1.54, 1.807) is 6.07 Å². The van der Waals surface area contributed by atoms with Gasteiger partial charge in [0.1, 0.15) is 11.6 Å². The lowest BCUT2D eigenvalue weighted by atomic mass is 9.95. The Labute approximate surface area is 94.6 Å². The molecule has 86 valence electrons. The van der Waals surface area contributed by atoms with Gasteiger partial charge >= 0.3 is 0 Å². The summed E-state index contributed by atoms with van der Waals surface area (Å²) in [4.78, 5) is 8.02. The maximum atomic E-state index is 5.64. The summed E-state index contributed by atoms with van der Waals surface area (Å²) >= 11 is 0. The van der Waals surface area contributed by atoms with E-state index in [4.69, 9.17) is 11.5 Å². The fourth-order valence-corrected chi connectivity index (χ4v) is 3.17. The van der Waals surface area contributed by atoms with Crippen LogP contribution in [0.25, 0.3) is 0 Å². The molecule has 0 saturated heterocycles. The van der Waals surface area contributed by atoms with Crippen LogP contribution in [0.5, 0.6) is 0 Å². The van der Waals surface area contributed by atoms with E-state index in [9.17, 15) is 0 Å². The zero-order valence-corrected chi connectivity index (χ0v) is 9.19. The fourth-order valence-electron chi connectivity index (χ4n) is 3.17. The summed E-state index contributed by atoms with van der Waals surface area (Å²) in [7, 11) is 0. The maximum Gasteiger partial charge on any atom is 0.223 e. The zero-order valence-electron chi connectivity index (χ0n) is 9.19. The largest absolute Gasteiger partial charge is 0.383 e. The Morgan fingerprint density at radius 3 is 2.69 bits per heavy atom. The molecule has 3 rings (SSSR count). The monoisotopic (exact) mass is 219 g/mol. The van der Waals surface area contributed by atoms with E-state index < -0.39 is 0 Å². The van der Waals surface area contributed by atoms with Gasteiger partial charge in [0.05, 0.1) is 0 Å². The van der Waals surface area contributed by atoms with Crippen LogP contribution in [-0.4, -0.2) is 16.0 Å². The van der Waals surface area contributed by atoms with Crippen LogP contribution in [0, 0.1) is 11.8 Å². The second-order valence-electron chi connectivity index (χ2n) is 4.96. The van der Waals surface area contributed by atoms with Gasteiger partial charge in [0.2, 0.25) is 5.95 Å². The number of fused-ring (bicyclic) bond motifs is 2. The molecule has 1 aromatic heterocycles. The predicted octanol–water partition coefficient (Wildman–Crippen LogP) is 1.24. The molecule has 2 aliphatic carbocycles. The minimum Gasteiger partial charge on any atom is -0.383 e. The third-order valence-electron chi connectivity index (χ3n) is 3.83. The molecule has 0 radical (unpaired) electrons. The van der Waals surface area contributed by atoms with Gasteiger partial charge in [-0.2, -0.15) is 9.97 Å². The van der Waals surface area contributed by atoms with Gasteiger partial charge in [0.25, 0.3) is 0 Å². The molecular formula is C11H17N5. The SMILES string of the molecule is Nc1cc(NC2CC3CCC2C3)nc(N)n1. The number of hydrogen-bond acceptors (Lipinski definition) is 5. The highest BCUT2D eigenvalue weighted by Gasteiger charge is 2.39. The summed E-state index contributed by atoms with van der Waals surface area (Å²) < 4.78 is 0. The maximum absolute atomic E-state index is 5.64. The molecule has 5 N–H and O–H groups in total. The van der Waals surface area contributed by atoms with Gasteiger partial charge in [0, 0.05) is 12.1 Å². The van der Waals surface area contributed by atoms with Crippen LogP contribution >= 0.6 is 0 Å². The molecule has 0 spiro atoms. The van der Waals surface area contributed by atoms with Crippen LogP contribution in [0.1, 0.15) is 25.7 Å². The summed E-state index contributed by atoms with van der Waals surface area (Å²) in [6.45, 7) is 0. The molecule has 0 aliphatic heterocycles. The lowest BCUT2D eigenvalue weighted by molar-refractivity contribution is 0.439. The van der Waals surface area contributed by atoms with Crippen molar-refractivity contribution in [3.63, 3.8) is 0 Å². The summed E-state index contributed by atoms with van der Waals surface area (Å²) in [5.74, 6) is 3.16. The third kappa shape index (κ3) is 1.66. The lowest BCUT2D eigenvalue weighted by Gasteiger charge is -2.23. The molecule has 2 aliphatic rings. The second-order valence-corrected chi connectivity index (χ2v) is 4.96. The molecule has 5 nitrogen and oxygen atoms in total. The summed E-state index contributed by atoms with van der Waals surface area (Å²) in [6.07, 6.45) is 5.37. The van der Waals surface area contributed by atoms with Crippen LogP contribution in [0.2, 0.25) is 0 Å². The number of anilines is 3. The molecular weight excluding hydrogens is 202 g/mol. The van der Waals surface area contributed by atoms with Gasteiger partial charge in [-0.15, -0.1) is 0 Å². The normalized spacial score (nSPS) is 31.9. The van der Waals surface area contributed by atoms with Crippen molar-refractivity contribution in [1.82, 2.24) is 9.97 Å². The standard InChI is InChI=1S/C11H17N5/c12-9-5-10(16-11(13)15-9)14-8-4-6-1-2-7(8)3-6/h5-8H,1-4H2,(H5,12,13,14,15,16). The van der Waals surface area contributed by atoms with Crippen molar-refractivity contribution in [3.05, 3.63) is 6.07 Å². The Morgan fingerprint density at radius 2 is 2.06 bits per heavy atom. The molecule has 1 aromatic rings. The van der Waals surface area contributed by atoms with E-state index in [0.717, 1.165) is 17.7 Å². The number of nitrogens with one attached hydrogen (secondary N) is 1. The van der Waals surface area contributed by atoms with E-state index in [1.807, 2.05) is 0 Å². The average Bonchev–Trinajstić information content (AvgIpc) is 2.77. The van der Waals surface area contributed by atoms with E-state index in [0.29, 0.717) is 11.9 Å². The number of rotatable bonds is 2. The molecule has 2 fully saturated rings. The van der Waals surface area contributed by atoms with Crippen molar-refractivity contribution in [2.24, 2.45) is 11.8 Å². The van der Waals surface area contributed by atoms with Gasteiger partial charge in [0.15, 0.2) is 0 Å². The molecule has 5 heteroatoms. The minimum atomic E-state index is 0.241. The van der Waals surface area contributed by atoms with Crippen LogP contribution in [-0.2, 0) is 0 Å². The highest BCUT2D eigenvalue weighted by Crippen LogP contribution is 2.45. The molecule has 2 bridgehead atoms. The summed E-state index contributed by atoms with van der Waals surface area (Å²) in [5.41, 5.74) is 11.2. The first kappa shape index (κ1) is 9.69. The summed E-state index contributed by atoms with van der Waals surface area (Å²) in [5, 5.41) is 3.44. The lowest BCUT2D eigenvalue weighted by Crippen LogP contribution is -2.26. The minimum absolute atomic E-state index is 0.241. The number of nitrogens with zero attached hydrogens (tertiary/aromatic N) is 2. The van der Waals surface area contributed by atoms with Gasteiger partial charge in [-0.1, -0.05) is 6.42 Å². The molecule has 0 amide bonds. The van der Waals surface area contributed by atoms with Crippen molar-refractivity contribution in [2.45, 2.75) is 31.7 Å². The van der Waals surface area contributed by atoms with Gasteiger partial charge in [-0.05, 0) is 31.1 Å². The van der Waals surface area contributed by atoms with Crippen molar-refractivity contribution < 1.29 is 0 Å². The van der Waals surface area contributed by atoms with Crippen molar-refractivity contribution in [1.29, 1.82) is 0 Å². The first-order valence-electron chi connectivity index (χ1n) is 5.87. The molecule has 0 aromatic carbocycles. The highest BCUT2D eigenvalue weighted by molar-refractivity contribution is 5.49. The second kappa shape index (κ2) is 3.50. The molecule has 3 unspecified atom stereocenters. The Hall–Kier alpha value is -1.52. The molecule has 1 heterocycles. The Morgan fingerprint density at radius 1 is 1.19 bits per heavy atom. The van der Waals surface area contributed by atoms with Gasteiger partial charge in [-0.3, -0.25) is 0 Å². The number of hydrogen-bond donors (Lipinski definition) is 3. The van der Waals surface area contributed by atoms with E-state index >= 15 is 0 Å². The Bertz CT molecular complexity index is 385. The molecule has 16 heavy (non-hydrogen) atoms. The highest BCUT2D eigenvalue weighted by atomic mass is 15.1. The number of nitrogens with two attached hydrogens (primary N) is 2. The van der Waals surface area contributed by atoms with Gasteiger partial charge in [-0.25, -0.2) is 0 Å². The number of aromatic nitrogens is 2. The Kier molecular flexibility index (Phi) is 2.12. The van der Waals surface area contributed by atoms with Crippen molar-refractivity contribution in [3.8, 4) is 0 Å².